The highest BCUT2D eigenvalue weighted by atomic mass is 19.1. The van der Waals surface area contributed by atoms with E-state index in [1.807, 2.05) is 18.7 Å². The molecule has 1 aliphatic rings. The Morgan fingerprint density at radius 1 is 1.38 bits per heavy atom. The van der Waals surface area contributed by atoms with Gasteiger partial charge in [0.05, 0.1) is 6.20 Å². The van der Waals surface area contributed by atoms with E-state index >= 15 is 0 Å². The van der Waals surface area contributed by atoms with Gasteiger partial charge in [-0.1, -0.05) is 12.5 Å². The molecule has 0 saturated carbocycles. The Kier molecular flexibility index (Phi) is 4.94. The summed E-state index contributed by atoms with van der Waals surface area (Å²) in [6.07, 6.45) is 1.96. The Morgan fingerprint density at radius 2 is 2.05 bits per heavy atom. The van der Waals surface area contributed by atoms with Crippen LogP contribution < -0.4 is 4.90 Å². The molecule has 21 heavy (non-hydrogen) atoms. The molecule has 0 spiro atoms. The summed E-state index contributed by atoms with van der Waals surface area (Å²) >= 11 is 0. The molecule has 2 heterocycles. The second-order valence-electron chi connectivity index (χ2n) is 5.71. The van der Waals surface area contributed by atoms with Crippen molar-refractivity contribution in [2.75, 3.05) is 31.1 Å². The average molecular weight is 291 g/mol. The van der Waals surface area contributed by atoms with E-state index < -0.39 is 0 Å². The first kappa shape index (κ1) is 15.5. The standard InChI is InChI=1S/C16H22FN3O/c1-12(2)10-13(3)16(21)20-8-6-19(7-9-20)15-5-4-14(17)11-18-15/h4-5,11,13H,1,6-10H2,2-3H3. The molecule has 1 fully saturated rings. The van der Waals surface area contributed by atoms with Gasteiger partial charge in [0.2, 0.25) is 5.91 Å². The van der Waals surface area contributed by atoms with Crippen LogP contribution in [0.1, 0.15) is 20.3 Å². The molecule has 1 atom stereocenters. The van der Waals surface area contributed by atoms with Crippen molar-refractivity contribution in [2.24, 2.45) is 5.92 Å². The number of rotatable bonds is 4. The van der Waals surface area contributed by atoms with Gasteiger partial charge >= 0.3 is 0 Å². The first-order valence-electron chi connectivity index (χ1n) is 7.27. The largest absolute Gasteiger partial charge is 0.353 e. The van der Waals surface area contributed by atoms with Gasteiger partial charge in [-0.2, -0.15) is 0 Å². The summed E-state index contributed by atoms with van der Waals surface area (Å²) in [5, 5.41) is 0. The molecule has 0 bridgehead atoms. The van der Waals surface area contributed by atoms with Crippen molar-refractivity contribution in [3.8, 4) is 0 Å². The maximum Gasteiger partial charge on any atom is 0.225 e. The number of piperazine rings is 1. The van der Waals surface area contributed by atoms with Crippen LogP contribution in [0, 0.1) is 11.7 Å². The number of nitrogens with zero attached hydrogens (tertiary/aromatic N) is 3. The zero-order chi connectivity index (χ0) is 15.4. The summed E-state index contributed by atoms with van der Waals surface area (Å²) in [6, 6.07) is 3.09. The van der Waals surface area contributed by atoms with Crippen molar-refractivity contribution in [1.29, 1.82) is 0 Å². The molecule has 0 N–H and O–H groups in total. The van der Waals surface area contributed by atoms with Gasteiger partial charge in [0, 0.05) is 32.1 Å². The highest BCUT2D eigenvalue weighted by Crippen LogP contribution is 2.17. The Balaban J connectivity index is 1.89. The predicted octanol–water partition coefficient (Wildman–Crippen LogP) is 2.47. The molecule has 114 valence electrons. The molecule has 1 amide bonds. The summed E-state index contributed by atoms with van der Waals surface area (Å²) < 4.78 is 12.9. The minimum atomic E-state index is -0.332. The maximum absolute atomic E-state index is 12.9. The van der Waals surface area contributed by atoms with Crippen molar-refractivity contribution in [1.82, 2.24) is 9.88 Å². The summed E-state index contributed by atoms with van der Waals surface area (Å²) in [7, 11) is 0. The Morgan fingerprint density at radius 3 is 2.57 bits per heavy atom. The van der Waals surface area contributed by atoms with Crippen LogP contribution in [0.2, 0.25) is 0 Å². The molecule has 0 radical (unpaired) electrons. The lowest BCUT2D eigenvalue weighted by Crippen LogP contribution is -2.50. The van der Waals surface area contributed by atoms with Gasteiger partial charge in [-0.15, -0.1) is 6.58 Å². The van der Waals surface area contributed by atoms with Crippen LogP contribution >= 0.6 is 0 Å². The number of amides is 1. The van der Waals surface area contributed by atoms with Crippen LogP contribution in [0.3, 0.4) is 0 Å². The Hall–Kier alpha value is -1.91. The molecular formula is C16H22FN3O. The van der Waals surface area contributed by atoms with Crippen LogP contribution in [0.5, 0.6) is 0 Å². The third-order valence-electron chi connectivity index (χ3n) is 3.70. The number of allylic oxidation sites excluding steroid dienone is 1. The van der Waals surface area contributed by atoms with E-state index in [4.69, 9.17) is 0 Å². The third kappa shape index (κ3) is 4.03. The van der Waals surface area contributed by atoms with Gasteiger partial charge in [0.25, 0.3) is 0 Å². The van der Waals surface area contributed by atoms with Crippen molar-refractivity contribution in [3.05, 3.63) is 36.3 Å². The highest BCUT2D eigenvalue weighted by molar-refractivity contribution is 5.79. The molecule has 0 aliphatic carbocycles. The summed E-state index contributed by atoms with van der Waals surface area (Å²) in [5.41, 5.74) is 1.03. The van der Waals surface area contributed by atoms with Gasteiger partial charge in [-0.25, -0.2) is 9.37 Å². The van der Waals surface area contributed by atoms with Gasteiger partial charge in [-0.3, -0.25) is 4.79 Å². The number of carbonyl (C=O) groups excluding carboxylic acids is 1. The van der Waals surface area contributed by atoms with E-state index in [9.17, 15) is 9.18 Å². The lowest BCUT2D eigenvalue weighted by atomic mass is 10.0. The first-order chi connectivity index (χ1) is 9.97. The average Bonchev–Trinajstić information content (AvgIpc) is 2.47. The number of hydrogen-bond acceptors (Lipinski definition) is 3. The molecule has 1 aliphatic heterocycles. The van der Waals surface area contributed by atoms with Crippen molar-refractivity contribution in [2.45, 2.75) is 20.3 Å². The quantitative estimate of drug-likeness (QED) is 0.800. The molecule has 5 heteroatoms. The minimum Gasteiger partial charge on any atom is -0.353 e. The second kappa shape index (κ2) is 6.70. The van der Waals surface area contributed by atoms with Crippen LogP contribution in [0.4, 0.5) is 10.2 Å². The summed E-state index contributed by atoms with van der Waals surface area (Å²) in [5.74, 6) is 0.599. The van der Waals surface area contributed by atoms with Crippen molar-refractivity contribution < 1.29 is 9.18 Å². The molecule has 1 aromatic heterocycles. The van der Waals surface area contributed by atoms with E-state index in [2.05, 4.69) is 16.5 Å². The van der Waals surface area contributed by atoms with E-state index in [-0.39, 0.29) is 17.6 Å². The van der Waals surface area contributed by atoms with Gasteiger partial charge < -0.3 is 9.80 Å². The van der Waals surface area contributed by atoms with Gasteiger partial charge in [0.15, 0.2) is 0 Å². The maximum atomic E-state index is 12.9. The molecular weight excluding hydrogens is 269 g/mol. The molecule has 4 nitrogen and oxygen atoms in total. The van der Waals surface area contributed by atoms with E-state index in [1.165, 1.54) is 12.3 Å². The summed E-state index contributed by atoms with van der Waals surface area (Å²) in [6.45, 7) is 10.6. The molecule has 1 aromatic rings. The zero-order valence-electron chi connectivity index (χ0n) is 12.7. The number of aromatic nitrogens is 1. The summed E-state index contributed by atoms with van der Waals surface area (Å²) in [4.78, 5) is 20.4. The second-order valence-corrected chi connectivity index (χ2v) is 5.71. The van der Waals surface area contributed by atoms with Crippen LogP contribution in [-0.4, -0.2) is 42.0 Å². The van der Waals surface area contributed by atoms with Crippen LogP contribution in [-0.2, 0) is 4.79 Å². The number of hydrogen-bond donors (Lipinski definition) is 0. The molecule has 2 rings (SSSR count). The highest BCUT2D eigenvalue weighted by Gasteiger charge is 2.25. The smallest absolute Gasteiger partial charge is 0.225 e. The number of halogens is 1. The topological polar surface area (TPSA) is 36.4 Å². The zero-order valence-corrected chi connectivity index (χ0v) is 12.7. The lowest BCUT2D eigenvalue weighted by Gasteiger charge is -2.36. The molecule has 0 aromatic carbocycles. The van der Waals surface area contributed by atoms with Gasteiger partial charge in [-0.05, 0) is 25.5 Å². The third-order valence-corrected chi connectivity index (χ3v) is 3.70. The Labute approximate surface area is 125 Å². The number of carbonyl (C=O) groups is 1. The molecule has 1 unspecified atom stereocenters. The van der Waals surface area contributed by atoms with Crippen LogP contribution in [0.25, 0.3) is 0 Å². The SMILES string of the molecule is C=C(C)CC(C)C(=O)N1CCN(c2ccc(F)cn2)CC1. The Bertz CT molecular complexity index is 507. The van der Waals surface area contributed by atoms with Crippen LogP contribution in [0.15, 0.2) is 30.5 Å². The monoisotopic (exact) mass is 291 g/mol. The fraction of sp³-hybridized carbons (Fsp3) is 0.500. The van der Waals surface area contributed by atoms with Gasteiger partial charge in [0.1, 0.15) is 11.6 Å². The van der Waals surface area contributed by atoms with Crippen molar-refractivity contribution in [3.63, 3.8) is 0 Å². The van der Waals surface area contributed by atoms with E-state index in [0.717, 1.165) is 30.9 Å². The first-order valence-corrected chi connectivity index (χ1v) is 7.27. The fourth-order valence-corrected chi connectivity index (χ4v) is 2.63. The number of pyridine rings is 1. The number of anilines is 1. The van der Waals surface area contributed by atoms with E-state index in [1.54, 1.807) is 6.07 Å². The normalized spacial score (nSPS) is 16.7. The van der Waals surface area contributed by atoms with Crippen molar-refractivity contribution >= 4 is 11.7 Å². The minimum absolute atomic E-state index is 0.0157. The fourth-order valence-electron chi connectivity index (χ4n) is 2.63. The molecule has 1 saturated heterocycles. The van der Waals surface area contributed by atoms with E-state index in [0.29, 0.717) is 13.1 Å². The lowest BCUT2D eigenvalue weighted by molar-refractivity contribution is -0.135. The predicted molar refractivity (Wildman–Crippen MR) is 81.6 cm³/mol.